The summed E-state index contributed by atoms with van der Waals surface area (Å²) < 4.78 is 0.660. The minimum Gasteiger partial charge on any atom is -0.480 e. The summed E-state index contributed by atoms with van der Waals surface area (Å²) in [7, 11) is 0. The van der Waals surface area contributed by atoms with Crippen LogP contribution in [0.4, 0.5) is 0 Å². The van der Waals surface area contributed by atoms with Gasteiger partial charge in [0.05, 0.1) is 10.2 Å². The molecule has 3 N–H and O–H groups in total. The molecule has 1 aromatic heterocycles. The minimum atomic E-state index is -0.982. The Kier molecular flexibility index (Phi) is 3.08. The Balaban J connectivity index is 1.74. The number of carbonyl (C=O) groups is 2. The fourth-order valence-electron chi connectivity index (χ4n) is 2.16. The molecule has 0 aromatic carbocycles. The monoisotopic (exact) mass is 327 g/mol. The lowest BCUT2D eigenvalue weighted by atomic mass is 10.2. The molecule has 19 heavy (non-hydrogen) atoms. The van der Waals surface area contributed by atoms with Gasteiger partial charge in [0.25, 0.3) is 5.91 Å². The predicted molar refractivity (Wildman–Crippen MR) is 69.9 cm³/mol. The molecule has 0 spiro atoms. The van der Waals surface area contributed by atoms with Crippen LogP contribution in [-0.4, -0.2) is 33.2 Å². The summed E-state index contributed by atoms with van der Waals surface area (Å²) in [6.07, 6.45) is 3.90. The van der Waals surface area contributed by atoms with Crippen molar-refractivity contribution in [1.82, 2.24) is 15.5 Å². The molecule has 0 aliphatic heterocycles. The van der Waals surface area contributed by atoms with Crippen molar-refractivity contribution in [3.8, 4) is 0 Å². The molecule has 3 rings (SSSR count). The van der Waals surface area contributed by atoms with Crippen LogP contribution in [0.2, 0.25) is 0 Å². The van der Waals surface area contributed by atoms with Gasteiger partial charge in [-0.1, -0.05) is 0 Å². The lowest BCUT2D eigenvalue weighted by Gasteiger charge is -2.12. The molecule has 1 amide bonds. The Morgan fingerprint density at radius 1 is 1.37 bits per heavy atom. The average molecular weight is 328 g/mol. The quantitative estimate of drug-likeness (QED) is 0.766. The van der Waals surface area contributed by atoms with Crippen molar-refractivity contribution in [2.24, 2.45) is 5.92 Å². The summed E-state index contributed by atoms with van der Waals surface area (Å²) in [6, 6.07) is -0.805. The second kappa shape index (κ2) is 4.63. The number of aromatic amines is 1. The third-order valence-electron chi connectivity index (χ3n) is 3.58. The number of nitrogens with one attached hydrogen (secondary N) is 2. The largest absolute Gasteiger partial charge is 0.480 e. The fourth-order valence-corrected chi connectivity index (χ4v) is 2.84. The molecule has 102 valence electrons. The number of aromatic nitrogens is 2. The molecule has 2 saturated carbocycles. The number of rotatable bonds is 5. The fraction of sp³-hybridized carbons (Fsp3) is 0.583. The lowest BCUT2D eigenvalue weighted by molar-refractivity contribution is -0.139. The number of hydrogen-bond acceptors (Lipinski definition) is 3. The zero-order valence-corrected chi connectivity index (χ0v) is 11.7. The Morgan fingerprint density at radius 3 is 2.58 bits per heavy atom. The van der Waals surface area contributed by atoms with Gasteiger partial charge in [0, 0.05) is 5.92 Å². The molecule has 2 aliphatic carbocycles. The van der Waals surface area contributed by atoms with E-state index in [1.807, 2.05) is 0 Å². The first-order valence-corrected chi connectivity index (χ1v) is 7.14. The molecule has 2 fully saturated rings. The highest BCUT2D eigenvalue weighted by atomic mass is 79.9. The van der Waals surface area contributed by atoms with Crippen LogP contribution in [-0.2, 0) is 4.79 Å². The Morgan fingerprint density at radius 2 is 2.05 bits per heavy atom. The van der Waals surface area contributed by atoms with Crippen molar-refractivity contribution >= 4 is 27.8 Å². The second-order valence-corrected chi connectivity index (χ2v) is 5.99. The van der Waals surface area contributed by atoms with Crippen molar-refractivity contribution in [2.45, 2.75) is 37.6 Å². The van der Waals surface area contributed by atoms with E-state index in [9.17, 15) is 9.59 Å². The second-order valence-electron chi connectivity index (χ2n) is 5.20. The van der Waals surface area contributed by atoms with Crippen LogP contribution < -0.4 is 5.32 Å². The highest BCUT2D eigenvalue weighted by Crippen LogP contribution is 2.43. The molecule has 0 bridgehead atoms. The molecular formula is C12H14BrN3O3. The van der Waals surface area contributed by atoms with Gasteiger partial charge in [0.15, 0.2) is 5.69 Å². The highest BCUT2D eigenvalue weighted by Gasteiger charge is 2.38. The van der Waals surface area contributed by atoms with Gasteiger partial charge >= 0.3 is 5.97 Å². The first-order valence-electron chi connectivity index (χ1n) is 6.35. The standard InChI is InChI=1S/C12H14BrN3O3/c13-7-8(5-1-2-5)15-16-10(7)11(17)14-9(12(18)19)6-3-4-6/h5-6,9H,1-4H2,(H,14,17)(H,15,16)(H,18,19). The van der Waals surface area contributed by atoms with Crippen LogP contribution in [0.1, 0.15) is 47.8 Å². The van der Waals surface area contributed by atoms with Crippen molar-refractivity contribution in [2.75, 3.05) is 0 Å². The predicted octanol–water partition coefficient (Wildman–Crippen LogP) is 1.64. The molecule has 0 saturated heterocycles. The zero-order valence-electron chi connectivity index (χ0n) is 10.1. The molecule has 6 nitrogen and oxygen atoms in total. The van der Waals surface area contributed by atoms with Crippen molar-refractivity contribution in [1.29, 1.82) is 0 Å². The number of carboxylic acid groups (broad SMARTS) is 1. The Hall–Kier alpha value is -1.37. The zero-order chi connectivity index (χ0) is 13.6. The maximum atomic E-state index is 12.1. The molecular weight excluding hydrogens is 314 g/mol. The normalized spacial score (nSPS) is 20.1. The van der Waals surface area contributed by atoms with E-state index in [0.717, 1.165) is 31.4 Å². The first-order chi connectivity index (χ1) is 9.08. The molecule has 2 aliphatic rings. The van der Waals surface area contributed by atoms with Crippen molar-refractivity contribution in [3.05, 3.63) is 15.9 Å². The van der Waals surface area contributed by atoms with E-state index in [2.05, 4.69) is 31.4 Å². The van der Waals surface area contributed by atoms with E-state index in [0.29, 0.717) is 10.4 Å². The maximum Gasteiger partial charge on any atom is 0.326 e. The van der Waals surface area contributed by atoms with Crippen LogP contribution in [0.25, 0.3) is 0 Å². The van der Waals surface area contributed by atoms with E-state index < -0.39 is 17.9 Å². The van der Waals surface area contributed by atoms with Gasteiger partial charge in [0.2, 0.25) is 0 Å². The number of amides is 1. The number of hydrogen-bond donors (Lipinski definition) is 3. The van der Waals surface area contributed by atoms with Gasteiger partial charge in [-0.2, -0.15) is 5.10 Å². The Labute approximate surface area is 118 Å². The van der Waals surface area contributed by atoms with E-state index in [1.54, 1.807) is 0 Å². The number of aliphatic carboxylic acids is 1. The summed E-state index contributed by atoms with van der Waals surface area (Å²) in [6.45, 7) is 0. The van der Waals surface area contributed by atoms with Crippen LogP contribution in [0.3, 0.4) is 0 Å². The minimum absolute atomic E-state index is 0.0575. The van der Waals surface area contributed by atoms with Gasteiger partial charge in [-0.15, -0.1) is 0 Å². The smallest absolute Gasteiger partial charge is 0.326 e. The number of carboxylic acids is 1. The van der Waals surface area contributed by atoms with Gasteiger partial charge < -0.3 is 10.4 Å². The van der Waals surface area contributed by atoms with Crippen molar-refractivity contribution < 1.29 is 14.7 Å². The van der Waals surface area contributed by atoms with E-state index >= 15 is 0 Å². The molecule has 1 aromatic rings. The topological polar surface area (TPSA) is 95.1 Å². The van der Waals surface area contributed by atoms with Gasteiger partial charge in [-0.25, -0.2) is 4.79 Å². The summed E-state index contributed by atoms with van der Waals surface area (Å²) in [5, 5.41) is 18.5. The molecule has 7 heteroatoms. The Bertz CT molecular complexity index is 534. The van der Waals surface area contributed by atoms with E-state index in [-0.39, 0.29) is 11.6 Å². The molecule has 0 radical (unpaired) electrons. The molecule has 1 atom stereocenters. The summed E-state index contributed by atoms with van der Waals surface area (Å²) >= 11 is 3.37. The van der Waals surface area contributed by atoms with E-state index in [4.69, 9.17) is 5.11 Å². The van der Waals surface area contributed by atoms with Crippen LogP contribution >= 0.6 is 15.9 Å². The lowest BCUT2D eigenvalue weighted by Crippen LogP contribution is -2.42. The van der Waals surface area contributed by atoms with Crippen LogP contribution in [0, 0.1) is 5.92 Å². The third kappa shape index (κ3) is 2.51. The third-order valence-corrected chi connectivity index (χ3v) is 4.38. The summed E-state index contributed by atoms with van der Waals surface area (Å²) in [5.41, 5.74) is 1.18. The van der Waals surface area contributed by atoms with E-state index in [1.165, 1.54) is 0 Å². The van der Waals surface area contributed by atoms with Crippen LogP contribution in [0.15, 0.2) is 4.47 Å². The van der Waals surface area contributed by atoms with Gasteiger partial charge in [-0.3, -0.25) is 9.89 Å². The number of H-pyrrole nitrogens is 1. The van der Waals surface area contributed by atoms with Crippen molar-refractivity contribution in [3.63, 3.8) is 0 Å². The number of halogens is 1. The number of carbonyl (C=O) groups excluding carboxylic acids is 1. The van der Waals surface area contributed by atoms with Gasteiger partial charge in [-0.05, 0) is 47.5 Å². The van der Waals surface area contributed by atoms with Gasteiger partial charge in [0.1, 0.15) is 6.04 Å². The molecule has 1 heterocycles. The average Bonchev–Trinajstić information content (AvgIpc) is 3.24. The highest BCUT2D eigenvalue weighted by molar-refractivity contribution is 9.10. The van der Waals surface area contributed by atoms with Crippen LogP contribution in [0.5, 0.6) is 0 Å². The first kappa shape index (κ1) is 12.7. The SMILES string of the molecule is O=C(NC(C(=O)O)C1CC1)c1n[nH]c(C2CC2)c1Br. The summed E-state index contributed by atoms with van der Waals surface area (Å²) in [5.74, 6) is -0.913. The number of nitrogens with zero attached hydrogens (tertiary/aromatic N) is 1. The molecule has 1 unspecified atom stereocenters. The summed E-state index contributed by atoms with van der Waals surface area (Å²) in [4.78, 5) is 23.2. The maximum absolute atomic E-state index is 12.1.